The molecular formula is C28H35N10O2+. The molecule has 0 aliphatic heterocycles. The van der Waals surface area contributed by atoms with Gasteiger partial charge in [0, 0.05) is 44.5 Å². The van der Waals surface area contributed by atoms with Crippen LogP contribution in [0.25, 0.3) is 0 Å². The first-order valence-electron chi connectivity index (χ1n) is 12.6. The van der Waals surface area contributed by atoms with Crippen LogP contribution in [-0.2, 0) is 9.59 Å². The van der Waals surface area contributed by atoms with Crippen molar-refractivity contribution in [3.63, 3.8) is 0 Å². The van der Waals surface area contributed by atoms with Crippen LogP contribution >= 0.6 is 0 Å². The van der Waals surface area contributed by atoms with Crippen LogP contribution in [0, 0.1) is 28.6 Å². The molecular weight excluding hydrogens is 508 g/mol. The van der Waals surface area contributed by atoms with E-state index in [0.29, 0.717) is 48.8 Å². The number of amides is 2. The van der Waals surface area contributed by atoms with Gasteiger partial charge in [0.2, 0.25) is 17.8 Å². The summed E-state index contributed by atoms with van der Waals surface area (Å²) in [5.74, 6) is 6.45. The van der Waals surface area contributed by atoms with Gasteiger partial charge < -0.3 is 25.8 Å². The number of nitrogens with two attached hydrogens (primary N) is 1. The Kier molecular flexibility index (Phi) is 13.2. The van der Waals surface area contributed by atoms with E-state index in [0.717, 1.165) is 11.9 Å². The fourth-order valence-corrected chi connectivity index (χ4v) is 3.11. The first-order valence-corrected chi connectivity index (χ1v) is 12.6. The Labute approximate surface area is 234 Å². The Morgan fingerprint density at radius 2 is 2.00 bits per heavy atom. The molecule has 1 aromatic carbocycles. The van der Waals surface area contributed by atoms with Crippen LogP contribution in [0.5, 0.6) is 0 Å². The number of nitrogens with zero attached hydrogens (tertiary/aromatic N) is 6. The lowest BCUT2D eigenvalue weighted by molar-refractivity contribution is -0.580. The second-order valence-corrected chi connectivity index (χ2v) is 8.89. The fraction of sp³-hybridized carbons (Fsp3) is 0.321. The molecule has 1 heterocycles. The van der Waals surface area contributed by atoms with Crippen LogP contribution in [0.4, 0.5) is 17.5 Å². The lowest BCUT2D eigenvalue weighted by Crippen LogP contribution is -2.72. The number of hydrogen-bond donors (Lipinski definition) is 4. The van der Waals surface area contributed by atoms with Crippen molar-refractivity contribution in [2.24, 2.45) is 5.10 Å². The van der Waals surface area contributed by atoms with E-state index >= 15 is 0 Å². The van der Waals surface area contributed by atoms with Gasteiger partial charge >= 0.3 is 0 Å². The Morgan fingerprint density at radius 1 is 1.25 bits per heavy atom. The van der Waals surface area contributed by atoms with Gasteiger partial charge in [0.1, 0.15) is 17.8 Å². The number of rotatable bonds is 13. The van der Waals surface area contributed by atoms with Crippen LogP contribution in [0.15, 0.2) is 47.7 Å². The minimum Gasteiger partial charge on any atom is -0.354 e. The van der Waals surface area contributed by atoms with Crippen molar-refractivity contribution in [3.8, 4) is 17.9 Å². The van der Waals surface area contributed by atoms with E-state index in [1.807, 2.05) is 19.0 Å². The van der Waals surface area contributed by atoms with Crippen LogP contribution in [0.1, 0.15) is 30.9 Å². The van der Waals surface area contributed by atoms with Crippen molar-refractivity contribution in [2.75, 3.05) is 39.5 Å². The van der Waals surface area contributed by atoms with E-state index in [2.05, 4.69) is 43.6 Å². The third-order valence-electron chi connectivity index (χ3n) is 5.49. The van der Waals surface area contributed by atoms with E-state index in [1.54, 1.807) is 50.5 Å². The second-order valence-electron chi connectivity index (χ2n) is 8.89. The molecule has 0 fully saturated rings. The highest BCUT2D eigenvalue weighted by atomic mass is 16.2. The minimum atomic E-state index is -0.601. The smallest absolute Gasteiger partial charge is 0.271 e. The maximum absolute atomic E-state index is 12.4. The number of carbonyl (C=O) groups is 2. The highest BCUT2D eigenvalue weighted by molar-refractivity contribution is 6.14. The molecule has 0 saturated heterocycles. The largest absolute Gasteiger partial charge is 0.354 e. The average molecular weight is 544 g/mol. The monoisotopic (exact) mass is 543 g/mol. The van der Waals surface area contributed by atoms with Gasteiger partial charge in [-0.05, 0) is 51.7 Å². The third kappa shape index (κ3) is 10.8. The van der Waals surface area contributed by atoms with Crippen LogP contribution in [0.2, 0.25) is 0 Å². The number of anilines is 2. The van der Waals surface area contributed by atoms with Gasteiger partial charge in [-0.15, -0.1) is 0 Å². The molecule has 0 aliphatic carbocycles. The lowest BCUT2D eigenvalue weighted by Gasteiger charge is -2.23. The average Bonchev–Trinajstić information content (AvgIpc) is 2.95. The predicted molar refractivity (Wildman–Crippen MR) is 154 cm³/mol. The molecule has 2 aromatic rings. The maximum Gasteiger partial charge on any atom is 0.271 e. The predicted octanol–water partition coefficient (Wildman–Crippen LogP) is 1.13. The van der Waals surface area contributed by atoms with Crippen molar-refractivity contribution >= 4 is 41.7 Å². The van der Waals surface area contributed by atoms with Crippen LogP contribution in [0.3, 0.4) is 0 Å². The summed E-state index contributed by atoms with van der Waals surface area (Å²) in [5.41, 5.74) is 3.33. The summed E-state index contributed by atoms with van der Waals surface area (Å²) in [6.07, 6.45) is 8.34. The fourth-order valence-electron chi connectivity index (χ4n) is 3.11. The molecule has 1 atom stereocenters. The van der Waals surface area contributed by atoms with Crippen molar-refractivity contribution in [1.82, 2.24) is 25.1 Å². The second kappa shape index (κ2) is 16.8. The molecule has 0 saturated carbocycles. The first kappa shape index (κ1) is 31.3. The Hall–Kier alpha value is -4.91. The number of benzene rings is 1. The van der Waals surface area contributed by atoms with Crippen molar-refractivity contribution in [1.29, 1.82) is 10.7 Å². The molecule has 2 rings (SSSR count). The van der Waals surface area contributed by atoms with Crippen molar-refractivity contribution in [3.05, 3.63) is 53.7 Å². The zero-order valence-corrected chi connectivity index (χ0v) is 23.2. The molecule has 208 valence electrons. The van der Waals surface area contributed by atoms with E-state index in [-0.39, 0.29) is 11.8 Å². The first-order chi connectivity index (χ1) is 19.2. The summed E-state index contributed by atoms with van der Waals surface area (Å²) < 4.78 is 0. The van der Waals surface area contributed by atoms with E-state index in [1.165, 1.54) is 22.6 Å². The maximum atomic E-state index is 12.4. The number of nitriles is 1. The van der Waals surface area contributed by atoms with Gasteiger partial charge in [0.15, 0.2) is 0 Å². The summed E-state index contributed by atoms with van der Waals surface area (Å²) in [7, 11) is 5.42. The normalized spacial score (nSPS) is 11.5. The Morgan fingerprint density at radius 3 is 2.67 bits per heavy atom. The lowest BCUT2D eigenvalue weighted by atomic mass is 10.2. The molecule has 1 aromatic heterocycles. The summed E-state index contributed by atoms with van der Waals surface area (Å²) in [5, 5.41) is 26.0. The van der Waals surface area contributed by atoms with Gasteiger partial charge in [-0.25, -0.2) is 4.98 Å². The van der Waals surface area contributed by atoms with E-state index in [9.17, 15) is 9.59 Å². The number of hydrogen-bond acceptors (Lipinski definition) is 9. The number of carbonyl (C=O) groups excluding carboxylic acids is 2. The molecule has 0 aliphatic rings. The van der Waals surface area contributed by atoms with Crippen LogP contribution in [-0.4, -0.2) is 84.3 Å². The Balaban J connectivity index is 1.92. The topological polar surface area (TPSA) is 167 Å². The van der Waals surface area contributed by atoms with Crippen LogP contribution < -0.4 is 16.1 Å². The molecule has 0 radical (unpaired) electrons. The summed E-state index contributed by atoms with van der Waals surface area (Å²) >= 11 is 0. The third-order valence-corrected chi connectivity index (χ3v) is 5.49. The van der Waals surface area contributed by atoms with Crippen molar-refractivity contribution < 1.29 is 15.0 Å². The van der Waals surface area contributed by atoms with Gasteiger partial charge in [0.25, 0.3) is 5.82 Å². The van der Waals surface area contributed by atoms with E-state index < -0.39 is 6.04 Å². The molecule has 1 unspecified atom stereocenters. The molecule has 2 amide bonds. The molecule has 5 N–H and O–H groups in total. The number of quaternary nitrogens is 1. The number of unbranched alkanes of at least 4 members (excludes halogenated alkanes) is 1. The minimum absolute atomic E-state index is 0.228. The summed E-state index contributed by atoms with van der Waals surface area (Å²) in [6.45, 7) is 2.75. The molecule has 12 heteroatoms. The highest BCUT2D eigenvalue weighted by Crippen LogP contribution is 2.15. The molecule has 12 nitrogen and oxygen atoms in total. The molecule has 0 bridgehead atoms. The molecule has 0 spiro atoms. The number of nitrogens with one attached hydrogen (secondary N) is 3. The van der Waals surface area contributed by atoms with Gasteiger partial charge in [-0.2, -0.15) is 15.7 Å². The Bertz CT molecular complexity index is 1320. The quantitative estimate of drug-likeness (QED) is 0.0734. The highest BCUT2D eigenvalue weighted by Gasteiger charge is 2.20. The zero-order chi connectivity index (χ0) is 29.3. The molecule has 40 heavy (non-hydrogen) atoms. The van der Waals surface area contributed by atoms with Gasteiger partial charge in [-0.3, -0.25) is 9.59 Å². The summed E-state index contributed by atoms with van der Waals surface area (Å²) in [4.78, 5) is 36.8. The number of likely N-dealkylation sites (N-methyl/N-ethyl adjacent to an activating group) is 2. The standard InChI is InChI=1S/C28H34N10O2/c1-21(38(4)25(39)10-8-18-37(2)3)27(40)31-16-7-5-6-9-23-20-32-28(35-26(23)36-33-17-15-29)34-24-13-11-22(19-30)12-14-24/h8,10-15,17,20-21,29H,5,7,16,18H2,1-4H3,(H,31,40)(H2,32,34,35,36)/p+1. The number of aromatic nitrogens is 2. The summed E-state index contributed by atoms with van der Waals surface area (Å²) in [6, 6.07) is 8.36. The van der Waals surface area contributed by atoms with E-state index in [4.69, 9.17) is 10.7 Å². The van der Waals surface area contributed by atoms with Gasteiger partial charge in [0.05, 0.1) is 17.8 Å². The zero-order valence-electron chi connectivity index (χ0n) is 23.2. The van der Waals surface area contributed by atoms with Crippen molar-refractivity contribution in [2.45, 2.75) is 25.8 Å². The van der Waals surface area contributed by atoms with Gasteiger partial charge in [-0.1, -0.05) is 23.0 Å². The SMILES string of the molecule is CC(C(=O)NCCCC#Cc1cnc(Nc2ccc(C#N)cc2)nc1[NH2+]N=CC=N)N(C)C(=O)C=CCN(C)C.